The first kappa shape index (κ1) is 15.9. The highest BCUT2D eigenvalue weighted by Crippen LogP contribution is 2.42. The molecule has 0 saturated heterocycles. The van der Waals surface area contributed by atoms with Crippen LogP contribution >= 0.6 is 39.1 Å². The van der Waals surface area contributed by atoms with Crippen LogP contribution in [0.25, 0.3) is 0 Å². The summed E-state index contributed by atoms with van der Waals surface area (Å²) in [7, 11) is 1.47. The predicted molar refractivity (Wildman–Crippen MR) is 84.5 cm³/mol. The van der Waals surface area contributed by atoms with Gasteiger partial charge < -0.3 is 9.47 Å². The number of hydrogen-bond acceptors (Lipinski definition) is 4. The van der Waals surface area contributed by atoms with Crippen molar-refractivity contribution < 1.29 is 9.47 Å². The molecule has 108 valence electrons. The van der Waals surface area contributed by atoms with Crippen LogP contribution in [0.3, 0.4) is 0 Å². The minimum atomic E-state index is 0.230. The Morgan fingerprint density at radius 1 is 1.29 bits per heavy atom. The molecule has 0 amide bonds. The molecule has 0 atom stereocenters. The molecule has 0 aliphatic rings. The van der Waals surface area contributed by atoms with Gasteiger partial charge in [-0.25, -0.2) is 4.98 Å². The Bertz CT molecular complexity index is 745. The van der Waals surface area contributed by atoms with E-state index in [0.29, 0.717) is 32.3 Å². The van der Waals surface area contributed by atoms with Gasteiger partial charge in [-0.05, 0) is 41.1 Å². The van der Waals surface area contributed by atoms with Gasteiger partial charge in [-0.3, -0.25) is 0 Å². The van der Waals surface area contributed by atoms with Gasteiger partial charge in [0.2, 0.25) is 5.88 Å². The fourth-order valence-corrected chi connectivity index (χ4v) is 2.60. The molecule has 0 unspecified atom stereocenters. The van der Waals surface area contributed by atoms with Crippen molar-refractivity contribution in [3.63, 3.8) is 0 Å². The van der Waals surface area contributed by atoms with E-state index in [4.69, 9.17) is 37.9 Å². The monoisotopic (exact) mass is 386 g/mol. The molecule has 0 saturated carbocycles. The molecule has 4 nitrogen and oxygen atoms in total. The number of halogens is 3. The first-order valence-electron chi connectivity index (χ1n) is 5.74. The standard InChI is InChI=1S/C14H9BrCl2N2O2/c1-7-11(15)13(12(17)14(19-7)20-2)21-10-4-8(6-18)3-9(16)5-10/h3-5H,1-2H3. The summed E-state index contributed by atoms with van der Waals surface area (Å²) >= 11 is 15.5. The predicted octanol–water partition coefficient (Wildman–Crippen LogP) is 5.13. The van der Waals surface area contributed by atoms with E-state index in [1.54, 1.807) is 25.1 Å². The minimum absolute atomic E-state index is 0.230. The lowest BCUT2D eigenvalue weighted by Gasteiger charge is -2.14. The van der Waals surface area contributed by atoms with Crippen molar-refractivity contribution in [1.29, 1.82) is 5.26 Å². The van der Waals surface area contributed by atoms with E-state index < -0.39 is 0 Å². The number of nitrogens with zero attached hydrogens (tertiary/aromatic N) is 2. The van der Waals surface area contributed by atoms with Gasteiger partial charge in [0.1, 0.15) is 10.8 Å². The van der Waals surface area contributed by atoms with E-state index in [-0.39, 0.29) is 10.9 Å². The van der Waals surface area contributed by atoms with Crippen molar-refractivity contribution in [2.45, 2.75) is 6.92 Å². The van der Waals surface area contributed by atoms with Crippen LogP contribution in [0.1, 0.15) is 11.3 Å². The van der Waals surface area contributed by atoms with E-state index in [1.807, 2.05) is 6.07 Å². The second-order valence-electron chi connectivity index (χ2n) is 4.05. The summed E-state index contributed by atoms with van der Waals surface area (Å²) in [6.45, 7) is 1.79. The molecule has 0 N–H and O–H groups in total. The van der Waals surface area contributed by atoms with Crippen molar-refractivity contribution in [1.82, 2.24) is 4.98 Å². The fourth-order valence-electron chi connectivity index (χ4n) is 1.64. The Morgan fingerprint density at radius 2 is 2.00 bits per heavy atom. The molecule has 1 aromatic heterocycles. The Labute approximate surface area is 140 Å². The lowest BCUT2D eigenvalue weighted by atomic mass is 10.2. The lowest BCUT2D eigenvalue weighted by Crippen LogP contribution is -1.97. The van der Waals surface area contributed by atoms with Gasteiger partial charge in [0, 0.05) is 5.02 Å². The van der Waals surface area contributed by atoms with Crippen molar-refractivity contribution in [3.8, 4) is 23.4 Å². The van der Waals surface area contributed by atoms with Crippen LogP contribution in [-0.2, 0) is 0 Å². The summed E-state index contributed by atoms with van der Waals surface area (Å²) in [6, 6.07) is 6.71. The molecule has 0 bridgehead atoms. The van der Waals surface area contributed by atoms with Crippen LogP contribution in [-0.4, -0.2) is 12.1 Å². The van der Waals surface area contributed by atoms with Crippen LogP contribution < -0.4 is 9.47 Å². The third kappa shape index (κ3) is 3.41. The SMILES string of the molecule is COc1nc(C)c(Br)c(Oc2cc(Cl)cc(C#N)c2)c1Cl. The van der Waals surface area contributed by atoms with Crippen LogP contribution in [0.4, 0.5) is 0 Å². The molecule has 1 heterocycles. The molecular weight excluding hydrogens is 379 g/mol. The number of methoxy groups -OCH3 is 1. The Hall–Kier alpha value is -1.48. The van der Waals surface area contributed by atoms with Crippen molar-refractivity contribution in [3.05, 3.63) is 44.0 Å². The van der Waals surface area contributed by atoms with Crippen LogP contribution in [0.15, 0.2) is 22.7 Å². The zero-order valence-electron chi connectivity index (χ0n) is 11.1. The maximum absolute atomic E-state index is 8.96. The summed E-state index contributed by atoms with van der Waals surface area (Å²) in [4.78, 5) is 4.18. The number of nitriles is 1. The van der Waals surface area contributed by atoms with E-state index in [1.165, 1.54) is 7.11 Å². The lowest BCUT2D eigenvalue weighted by molar-refractivity contribution is 0.391. The quantitative estimate of drug-likeness (QED) is 0.732. The molecule has 1 aromatic carbocycles. The van der Waals surface area contributed by atoms with E-state index in [2.05, 4.69) is 20.9 Å². The topological polar surface area (TPSA) is 55.1 Å². The molecule has 2 rings (SSSR count). The van der Waals surface area contributed by atoms with Crippen LogP contribution in [0.5, 0.6) is 17.4 Å². The normalized spacial score (nSPS) is 10.1. The number of pyridine rings is 1. The van der Waals surface area contributed by atoms with E-state index in [0.717, 1.165) is 0 Å². The average Bonchev–Trinajstić information content (AvgIpc) is 2.46. The Kier molecular flexibility index (Phi) is 4.94. The molecule has 0 aliphatic heterocycles. The average molecular weight is 388 g/mol. The third-order valence-electron chi connectivity index (χ3n) is 2.59. The molecule has 0 spiro atoms. The number of benzene rings is 1. The van der Waals surface area contributed by atoms with Gasteiger partial charge in [0.15, 0.2) is 5.75 Å². The zero-order chi connectivity index (χ0) is 15.6. The minimum Gasteiger partial charge on any atom is -0.480 e. The molecule has 0 fully saturated rings. The highest BCUT2D eigenvalue weighted by atomic mass is 79.9. The molecule has 2 aromatic rings. The van der Waals surface area contributed by atoms with Crippen molar-refractivity contribution >= 4 is 39.1 Å². The van der Waals surface area contributed by atoms with Gasteiger partial charge in [0.25, 0.3) is 0 Å². The number of ether oxygens (including phenoxy) is 2. The summed E-state index contributed by atoms with van der Waals surface area (Å²) in [6.07, 6.45) is 0. The third-order valence-corrected chi connectivity index (χ3v) is 4.07. The van der Waals surface area contributed by atoms with Crippen molar-refractivity contribution in [2.75, 3.05) is 7.11 Å². The first-order chi connectivity index (χ1) is 9.96. The summed E-state index contributed by atoms with van der Waals surface area (Å²) in [5.74, 6) is 1.01. The molecule has 21 heavy (non-hydrogen) atoms. The molecule has 7 heteroatoms. The fraction of sp³-hybridized carbons (Fsp3) is 0.143. The molecule has 0 aliphatic carbocycles. The van der Waals surface area contributed by atoms with Crippen molar-refractivity contribution in [2.24, 2.45) is 0 Å². The van der Waals surface area contributed by atoms with Crippen LogP contribution in [0, 0.1) is 18.3 Å². The number of rotatable bonds is 3. The number of aromatic nitrogens is 1. The molecular formula is C14H9BrCl2N2O2. The summed E-state index contributed by atoms with van der Waals surface area (Å²) in [5, 5.41) is 9.59. The first-order valence-corrected chi connectivity index (χ1v) is 7.29. The van der Waals surface area contributed by atoms with Gasteiger partial charge in [-0.2, -0.15) is 5.26 Å². The summed E-state index contributed by atoms with van der Waals surface area (Å²) < 4.78 is 11.5. The van der Waals surface area contributed by atoms with E-state index >= 15 is 0 Å². The Morgan fingerprint density at radius 3 is 2.62 bits per heavy atom. The molecule has 0 radical (unpaired) electrons. The second kappa shape index (κ2) is 6.52. The Balaban J connectivity index is 2.52. The largest absolute Gasteiger partial charge is 0.480 e. The van der Waals surface area contributed by atoms with Crippen LogP contribution in [0.2, 0.25) is 10.0 Å². The van der Waals surface area contributed by atoms with Gasteiger partial charge in [-0.15, -0.1) is 0 Å². The second-order valence-corrected chi connectivity index (χ2v) is 5.66. The van der Waals surface area contributed by atoms with E-state index in [9.17, 15) is 0 Å². The van der Waals surface area contributed by atoms with Gasteiger partial charge >= 0.3 is 0 Å². The maximum atomic E-state index is 8.96. The highest BCUT2D eigenvalue weighted by molar-refractivity contribution is 9.10. The van der Waals surface area contributed by atoms with Gasteiger partial charge in [-0.1, -0.05) is 23.2 Å². The number of hydrogen-bond donors (Lipinski definition) is 0. The highest BCUT2D eigenvalue weighted by Gasteiger charge is 2.18. The smallest absolute Gasteiger partial charge is 0.236 e. The van der Waals surface area contributed by atoms with Gasteiger partial charge in [0.05, 0.1) is 28.9 Å². The zero-order valence-corrected chi connectivity index (χ0v) is 14.2. The summed E-state index contributed by atoms with van der Waals surface area (Å²) in [5.41, 5.74) is 1.05. The maximum Gasteiger partial charge on any atom is 0.236 e. The number of aryl methyl sites for hydroxylation is 1.